The maximum absolute atomic E-state index is 12.0. The van der Waals surface area contributed by atoms with E-state index in [0.29, 0.717) is 0 Å². The fourth-order valence-corrected chi connectivity index (χ4v) is 1.62. The normalized spacial score (nSPS) is 13.6. The minimum atomic E-state index is -0.966. The van der Waals surface area contributed by atoms with Crippen LogP contribution in [0.1, 0.15) is 25.5 Å². The topological polar surface area (TPSA) is 69.6 Å². The number of hydrogen-bond acceptors (Lipinski definition) is 3. The molecule has 2 unspecified atom stereocenters. The molecule has 0 radical (unpaired) electrons. The van der Waals surface area contributed by atoms with Crippen LogP contribution in [0.4, 0.5) is 0 Å². The molecule has 0 heterocycles. The molecule has 5 heteroatoms. The monoisotopic (exact) mass is 264 g/mol. The first-order valence-electron chi connectivity index (χ1n) is 6.20. The van der Waals surface area contributed by atoms with E-state index >= 15 is 0 Å². The molecule has 0 saturated heterocycles. The third-order valence-corrected chi connectivity index (χ3v) is 3.19. The van der Waals surface area contributed by atoms with Crippen molar-refractivity contribution in [1.29, 1.82) is 0 Å². The van der Waals surface area contributed by atoms with Gasteiger partial charge in [0.1, 0.15) is 6.04 Å². The highest BCUT2D eigenvalue weighted by Gasteiger charge is 2.18. The molecule has 2 N–H and O–H groups in total. The van der Waals surface area contributed by atoms with Crippen molar-refractivity contribution in [2.24, 2.45) is 0 Å². The quantitative estimate of drug-likeness (QED) is 0.811. The number of carboxylic acids is 1. The molecule has 0 aromatic heterocycles. The van der Waals surface area contributed by atoms with Gasteiger partial charge in [0.2, 0.25) is 5.91 Å². The van der Waals surface area contributed by atoms with Crippen LogP contribution in [0.15, 0.2) is 30.3 Å². The lowest BCUT2D eigenvalue weighted by Gasteiger charge is -2.26. The van der Waals surface area contributed by atoms with Crippen molar-refractivity contribution in [1.82, 2.24) is 10.2 Å². The first kappa shape index (κ1) is 15.2. The molecule has 0 saturated carbocycles. The summed E-state index contributed by atoms with van der Waals surface area (Å²) < 4.78 is 0. The molecule has 1 aromatic carbocycles. The van der Waals surface area contributed by atoms with E-state index in [0.717, 1.165) is 5.56 Å². The van der Waals surface area contributed by atoms with Gasteiger partial charge in [-0.05, 0) is 19.4 Å². The zero-order valence-corrected chi connectivity index (χ0v) is 11.5. The van der Waals surface area contributed by atoms with Gasteiger partial charge in [-0.1, -0.05) is 30.3 Å². The first-order valence-corrected chi connectivity index (χ1v) is 6.20. The minimum Gasteiger partial charge on any atom is -0.480 e. The van der Waals surface area contributed by atoms with Gasteiger partial charge in [0, 0.05) is 7.05 Å². The number of nitrogens with one attached hydrogen (secondary N) is 1. The highest BCUT2D eigenvalue weighted by Crippen LogP contribution is 2.17. The number of rotatable bonds is 6. The Morgan fingerprint density at radius 2 is 1.84 bits per heavy atom. The number of benzene rings is 1. The van der Waals surface area contributed by atoms with Crippen LogP contribution in [0.25, 0.3) is 0 Å². The minimum absolute atomic E-state index is 0.0150. The zero-order valence-electron chi connectivity index (χ0n) is 11.5. The summed E-state index contributed by atoms with van der Waals surface area (Å²) in [6.07, 6.45) is 0. The Kier molecular flexibility index (Phi) is 5.51. The van der Waals surface area contributed by atoms with Crippen LogP contribution in [0, 0.1) is 0 Å². The molecule has 0 aliphatic heterocycles. The number of nitrogens with zero attached hydrogens (tertiary/aromatic N) is 1. The SMILES string of the molecule is CC(NCC(=O)N(C)C(C)c1ccccc1)C(=O)O. The molecule has 0 fully saturated rings. The highest BCUT2D eigenvalue weighted by molar-refractivity contribution is 5.80. The summed E-state index contributed by atoms with van der Waals surface area (Å²) in [7, 11) is 1.72. The van der Waals surface area contributed by atoms with E-state index in [1.165, 1.54) is 6.92 Å². The van der Waals surface area contributed by atoms with Crippen molar-refractivity contribution in [3.8, 4) is 0 Å². The van der Waals surface area contributed by atoms with Gasteiger partial charge in [-0.3, -0.25) is 14.9 Å². The number of carbonyl (C=O) groups excluding carboxylic acids is 1. The lowest BCUT2D eigenvalue weighted by Crippen LogP contribution is -2.42. The second-order valence-corrected chi connectivity index (χ2v) is 4.53. The molecule has 1 aromatic rings. The summed E-state index contributed by atoms with van der Waals surface area (Å²) in [5.74, 6) is -1.10. The summed E-state index contributed by atoms with van der Waals surface area (Å²) >= 11 is 0. The van der Waals surface area contributed by atoms with Gasteiger partial charge < -0.3 is 10.0 Å². The predicted molar refractivity (Wildman–Crippen MR) is 72.7 cm³/mol. The van der Waals surface area contributed by atoms with Crippen LogP contribution in [0.5, 0.6) is 0 Å². The van der Waals surface area contributed by atoms with Crippen LogP contribution in [-0.2, 0) is 9.59 Å². The molecule has 0 bridgehead atoms. The van der Waals surface area contributed by atoms with Gasteiger partial charge in [-0.15, -0.1) is 0 Å². The first-order chi connectivity index (χ1) is 8.93. The molecule has 0 aliphatic rings. The van der Waals surface area contributed by atoms with Gasteiger partial charge in [0.15, 0.2) is 0 Å². The molecule has 1 amide bonds. The van der Waals surface area contributed by atoms with E-state index in [1.54, 1.807) is 11.9 Å². The summed E-state index contributed by atoms with van der Waals surface area (Å²) in [5, 5.41) is 11.4. The van der Waals surface area contributed by atoms with Gasteiger partial charge in [-0.25, -0.2) is 0 Å². The van der Waals surface area contributed by atoms with Crippen LogP contribution in [0.3, 0.4) is 0 Å². The number of hydrogen-bond donors (Lipinski definition) is 2. The Morgan fingerprint density at radius 1 is 1.26 bits per heavy atom. The van der Waals surface area contributed by atoms with Crippen LogP contribution < -0.4 is 5.32 Å². The van der Waals surface area contributed by atoms with Crippen molar-refractivity contribution in [3.63, 3.8) is 0 Å². The number of likely N-dealkylation sites (N-methyl/N-ethyl adjacent to an activating group) is 1. The van der Waals surface area contributed by atoms with Gasteiger partial charge in [-0.2, -0.15) is 0 Å². The molecule has 0 aliphatic carbocycles. The van der Waals surface area contributed by atoms with Crippen LogP contribution in [0.2, 0.25) is 0 Å². The number of aliphatic carboxylic acids is 1. The van der Waals surface area contributed by atoms with E-state index in [2.05, 4.69) is 5.32 Å². The third-order valence-electron chi connectivity index (χ3n) is 3.19. The molecular formula is C14H20N2O3. The Balaban J connectivity index is 2.55. The molecule has 104 valence electrons. The summed E-state index contributed by atoms with van der Waals surface area (Å²) in [4.78, 5) is 24.2. The predicted octanol–water partition coefficient (Wildman–Crippen LogP) is 1.27. The number of carbonyl (C=O) groups is 2. The number of carboxylic acid groups (broad SMARTS) is 1. The van der Waals surface area contributed by atoms with Crippen molar-refractivity contribution in [2.75, 3.05) is 13.6 Å². The van der Waals surface area contributed by atoms with Crippen molar-refractivity contribution in [2.45, 2.75) is 25.9 Å². The maximum Gasteiger partial charge on any atom is 0.320 e. The van der Waals surface area contributed by atoms with E-state index < -0.39 is 12.0 Å². The van der Waals surface area contributed by atoms with Crippen LogP contribution in [-0.4, -0.2) is 41.5 Å². The van der Waals surface area contributed by atoms with E-state index in [4.69, 9.17) is 5.11 Å². The average molecular weight is 264 g/mol. The fourth-order valence-electron chi connectivity index (χ4n) is 1.62. The zero-order chi connectivity index (χ0) is 14.4. The third kappa shape index (κ3) is 4.37. The molecule has 2 atom stereocenters. The van der Waals surface area contributed by atoms with Gasteiger partial charge in [0.05, 0.1) is 12.6 Å². The molecule has 1 rings (SSSR count). The Morgan fingerprint density at radius 3 is 2.37 bits per heavy atom. The van der Waals surface area contributed by atoms with E-state index in [-0.39, 0.29) is 18.5 Å². The van der Waals surface area contributed by atoms with Crippen molar-refractivity contribution in [3.05, 3.63) is 35.9 Å². The summed E-state index contributed by atoms with van der Waals surface area (Å²) in [6.45, 7) is 3.46. The lowest BCUT2D eigenvalue weighted by atomic mass is 10.1. The molecule has 0 spiro atoms. The summed E-state index contributed by atoms with van der Waals surface area (Å²) in [6, 6.07) is 8.92. The second kappa shape index (κ2) is 6.89. The van der Waals surface area contributed by atoms with Crippen molar-refractivity contribution >= 4 is 11.9 Å². The van der Waals surface area contributed by atoms with Gasteiger partial charge in [0.25, 0.3) is 0 Å². The fraction of sp³-hybridized carbons (Fsp3) is 0.429. The Bertz CT molecular complexity index is 434. The molecule has 5 nitrogen and oxygen atoms in total. The maximum atomic E-state index is 12.0. The van der Waals surface area contributed by atoms with E-state index in [9.17, 15) is 9.59 Å². The highest BCUT2D eigenvalue weighted by atomic mass is 16.4. The summed E-state index contributed by atoms with van der Waals surface area (Å²) in [5.41, 5.74) is 1.05. The standard InChI is InChI=1S/C14H20N2O3/c1-10(14(18)19)15-9-13(17)16(3)11(2)12-7-5-4-6-8-12/h4-8,10-11,15H,9H2,1-3H3,(H,18,19). The molecule has 19 heavy (non-hydrogen) atoms. The smallest absolute Gasteiger partial charge is 0.320 e. The van der Waals surface area contributed by atoms with Crippen LogP contribution >= 0.6 is 0 Å². The lowest BCUT2D eigenvalue weighted by molar-refractivity contribution is -0.139. The second-order valence-electron chi connectivity index (χ2n) is 4.53. The Labute approximate surface area is 113 Å². The average Bonchev–Trinajstić information content (AvgIpc) is 2.43. The Hall–Kier alpha value is -1.88. The van der Waals surface area contributed by atoms with Gasteiger partial charge >= 0.3 is 5.97 Å². The van der Waals surface area contributed by atoms with E-state index in [1.807, 2.05) is 37.3 Å². The molecular weight excluding hydrogens is 244 g/mol. The largest absolute Gasteiger partial charge is 0.480 e. The van der Waals surface area contributed by atoms with Crippen molar-refractivity contribution < 1.29 is 14.7 Å². The number of amides is 1.